The summed E-state index contributed by atoms with van der Waals surface area (Å²) in [6.07, 6.45) is 1.17. The molecule has 22 heavy (non-hydrogen) atoms. The molecule has 3 aliphatic rings. The van der Waals surface area contributed by atoms with E-state index in [1.54, 1.807) is 25.6 Å². The van der Waals surface area contributed by atoms with Crippen LogP contribution in [0.2, 0.25) is 0 Å². The summed E-state index contributed by atoms with van der Waals surface area (Å²) in [6.45, 7) is 9.28. The van der Waals surface area contributed by atoms with Crippen LogP contribution in [-0.4, -0.2) is 73.3 Å². The summed E-state index contributed by atoms with van der Waals surface area (Å²) in [5.41, 5.74) is 1.23. The molecule has 124 valence electrons. The lowest BCUT2D eigenvalue weighted by Gasteiger charge is -2.37. The second kappa shape index (κ2) is 5.92. The summed E-state index contributed by atoms with van der Waals surface area (Å²) >= 11 is 0. The molecule has 3 unspecified atom stereocenters. The standard InChI is InChI=1S/C14H25N5O2S/c1-11-14(12(2)17(3)16-11)22(20,21)15-9-13-10-18-5-4-6-19(13)8-7-18/h13,15H,4-10H2,1-3H3. The predicted octanol–water partition coefficient (Wildman–Crippen LogP) is -0.295. The highest BCUT2D eigenvalue weighted by atomic mass is 32.2. The number of aromatic nitrogens is 2. The largest absolute Gasteiger partial charge is 0.300 e. The Morgan fingerprint density at radius 3 is 2.68 bits per heavy atom. The third-order valence-electron chi connectivity index (χ3n) is 4.83. The molecule has 0 saturated carbocycles. The average molecular weight is 327 g/mol. The summed E-state index contributed by atoms with van der Waals surface area (Å²) in [6, 6.07) is 0.267. The van der Waals surface area contributed by atoms with Gasteiger partial charge >= 0.3 is 0 Å². The molecule has 0 aliphatic carbocycles. The zero-order valence-corrected chi connectivity index (χ0v) is 14.4. The van der Waals surface area contributed by atoms with E-state index in [0.717, 1.165) is 32.7 Å². The number of hydrogen-bond acceptors (Lipinski definition) is 5. The van der Waals surface area contributed by atoms with Crippen molar-refractivity contribution < 1.29 is 8.42 Å². The van der Waals surface area contributed by atoms with Gasteiger partial charge in [-0.15, -0.1) is 0 Å². The molecule has 1 aromatic rings. The molecule has 4 heterocycles. The molecule has 0 aromatic carbocycles. The van der Waals surface area contributed by atoms with Crippen LogP contribution in [0.3, 0.4) is 0 Å². The first-order chi connectivity index (χ1) is 10.4. The molecule has 8 heteroatoms. The maximum atomic E-state index is 12.6. The van der Waals surface area contributed by atoms with Gasteiger partial charge in [0.05, 0.1) is 11.4 Å². The van der Waals surface area contributed by atoms with Crippen molar-refractivity contribution in [1.82, 2.24) is 24.3 Å². The molecule has 3 saturated heterocycles. The van der Waals surface area contributed by atoms with Crippen LogP contribution < -0.4 is 4.72 Å². The van der Waals surface area contributed by atoms with Crippen LogP contribution in [-0.2, 0) is 17.1 Å². The maximum absolute atomic E-state index is 12.6. The maximum Gasteiger partial charge on any atom is 0.244 e. The van der Waals surface area contributed by atoms with Crippen molar-refractivity contribution in [3.63, 3.8) is 0 Å². The van der Waals surface area contributed by atoms with Gasteiger partial charge in [-0.3, -0.25) is 9.58 Å². The number of hydrogen-bond donors (Lipinski definition) is 1. The van der Waals surface area contributed by atoms with Crippen molar-refractivity contribution in [2.75, 3.05) is 39.3 Å². The number of fused-ring (bicyclic) bond motifs is 4. The molecule has 1 aromatic heterocycles. The van der Waals surface area contributed by atoms with Crippen molar-refractivity contribution in [1.29, 1.82) is 0 Å². The number of sulfonamides is 1. The normalized spacial score (nSPS) is 28.8. The van der Waals surface area contributed by atoms with Crippen LogP contribution in [0, 0.1) is 13.8 Å². The molecular weight excluding hydrogens is 302 g/mol. The highest BCUT2D eigenvalue weighted by Gasteiger charge is 2.31. The molecule has 3 aliphatic heterocycles. The minimum atomic E-state index is -3.51. The van der Waals surface area contributed by atoms with Crippen LogP contribution in [0.15, 0.2) is 4.90 Å². The molecule has 4 rings (SSSR count). The third-order valence-corrected chi connectivity index (χ3v) is 6.50. The Morgan fingerprint density at radius 1 is 1.23 bits per heavy atom. The van der Waals surface area contributed by atoms with Crippen LogP contribution in [0.25, 0.3) is 0 Å². The Morgan fingerprint density at radius 2 is 2.00 bits per heavy atom. The van der Waals surface area contributed by atoms with E-state index in [1.807, 2.05) is 0 Å². The fourth-order valence-corrected chi connectivity index (χ4v) is 5.07. The van der Waals surface area contributed by atoms with E-state index in [9.17, 15) is 8.42 Å². The fraction of sp³-hybridized carbons (Fsp3) is 0.786. The van der Waals surface area contributed by atoms with E-state index in [1.165, 1.54) is 6.42 Å². The van der Waals surface area contributed by atoms with Crippen molar-refractivity contribution >= 4 is 10.0 Å². The van der Waals surface area contributed by atoms with Gasteiger partial charge in [-0.05, 0) is 33.4 Å². The number of aryl methyl sites for hydroxylation is 2. The Hall–Kier alpha value is -0.960. The van der Waals surface area contributed by atoms with Gasteiger partial charge in [0.1, 0.15) is 4.90 Å². The Balaban J connectivity index is 1.73. The highest BCUT2D eigenvalue weighted by molar-refractivity contribution is 7.89. The molecule has 1 N–H and O–H groups in total. The van der Waals surface area contributed by atoms with Gasteiger partial charge < -0.3 is 4.90 Å². The van der Waals surface area contributed by atoms with E-state index >= 15 is 0 Å². The SMILES string of the molecule is Cc1nn(C)c(C)c1S(=O)(=O)NCC1CN2CCCN1CC2. The van der Waals surface area contributed by atoms with Crippen molar-refractivity contribution in [2.24, 2.45) is 7.05 Å². The Labute approximate surface area is 132 Å². The lowest BCUT2D eigenvalue weighted by molar-refractivity contribution is 0.116. The van der Waals surface area contributed by atoms with E-state index in [4.69, 9.17) is 0 Å². The molecule has 3 atom stereocenters. The number of piperazine rings is 1. The lowest BCUT2D eigenvalue weighted by Crippen LogP contribution is -2.54. The van der Waals surface area contributed by atoms with Crippen LogP contribution in [0.1, 0.15) is 17.8 Å². The second-order valence-electron chi connectivity index (χ2n) is 6.32. The fourth-order valence-electron chi connectivity index (χ4n) is 3.57. The minimum Gasteiger partial charge on any atom is -0.300 e. The monoisotopic (exact) mass is 327 g/mol. The van der Waals surface area contributed by atoms with Gasteiger partial charge in [-0.25, -0.2) is 13.1 Å². The lowest BCUT2D eigenvalue weighted by atomic mass is 10.2. The first kappa shape index (κ1) is 15.9. The minimum absolute atomic E-state index is 0.267. The van der Waals surface area contributed by atoms with Crippen LogP contribution in [0.5, 0.6) is 0 Å². The van der Waals surface area contributed by atoms with E-state index < -0.39 is 10.0 Å². The smallest absolute Gasteiger partial charge is 0.244 e. The number of nitrogens with one attached hydrogen (secondary N) is 1. The number of nitrogens with zero attached hydrogens (tertiary/aromatic N) is 4. The third kappa shape index (κ3) is 2.92. The first-order valence-electron chi connectivity index (χ1n) is 7.85. The Kier molecular flexibility index (Phi) is 4.28. The first-order valence-corrected chi connectivity index (χ1v) is 9.33. The Bertz CT molecular complexity index is 650. The second-order valence-corrected chi connectivity index (χ2v) is 8.02. The van der Waals surface area contributed by atoms with Gasteiger partial charge in [0, 0.05) is 39.3 Å². The van der Waals surface area contributed by atoms with Crippen molar-refractivity contribution in [3.8, 4) is 0 Å². The molecular formula is C14H25N5O2S. The zero-order valence-electron chi connectivity index (χ0n) is 13.5. The van der Waals surface area contributed by atoms with Crippen LogP contribution in [0.4, 0.5) is 0 Å². The van der Waals surface area contributed by atoms with Gasteiger partial charge in [0.2, 0.25) is 10.0 Å². The summed E-state index contributed by atoms with van der Waals surface area (Å²) in [5.74, 6) is 0. The number of rotatable bonds is 4. The van der Waals surface area contributed by atoms with E-state index in [2.05, 4.69) is 19.6 Å². The molecule has 0 radical (unpaired) electrons. The van der Waals surface area contributed by atoms with Crippen molar-refractivity contribution in [3.05, 3.63) is 11.4 Å². The molecule has 0 amide bonds. The zero-order chi connectivity index (χ0) is 15.9. The molecule has 0 spiro atoms. The van der Waals surface area contributed by atoms with Crippen LogP contribution >= 0.6 is 0 Å². The van der Waals surface area contributed by atoms with E-state index in [0.29, 0.717) is 22.8 Å². The predicted molar refractivity (Wildman–Crippen MR) is 84.3 cm³/mol. The quantitative estimate of drug-likeness (QED) is 0.823. The molecule has 7 nitrogen and oxygen atoms in total. The van der Waals surface area contributed by atoms with Gasteiger partial charge in [-0.2, -0.15) is 5.10 Å². The summed E-state index contributed by atoms with van der Waals surface area (Å²) in [4.78, 5) is 5.17. The topological polar surface area (TPSA) is 70.5 Å². The molecule has 3 fully saturated rings. The van der Waals surface area contributed by atoms with Gasteiger partial charge in [0.25, 0.3) is 0 Å². The van der Waals surface area contributed by atoms with Gasteiger partial charge in [-0.1, -0.05) is 0 Å². The van der Waals surface area contributed by atoms with Crippen molar-refractivity contribution in [2.45, 2.75) is 31.2 Å². The van der Waals surface area contributed by atoms with E-state index in [-0.39, 0.29) is 6.04 Å². The summed E-state index contributed by atoms with van der Waals surface area (Å²) < 4.78 is 29.7. The van der Waals surface area contributed by atoms with Gasteiger partial charge in [0.15, 0.2) is 0 Å². The molecule has 2 bridgehead atoms. The summed E-state index contributed by atoms with van der Waals surface area (Å²) in [7, 11) is -1.74. The average Bonchev–Trinajstić information content (AvgIpc) is 2.69. The highest BCUT2D eigenvalue weighted by Crippen LogP contribution is 2.19. The summed E-state index contributed by atoms with van der Waals surface area (Å²) in [5, 5.41) is 4.20.